The summed E-state index contributed by atoms with van der Waals surface area (Å²) in [5, 5.41) is 8.76. The van der Waals surface area contributed by atoms with Crippen molar-refractivity contribution in [3.8, 4) is 6.07 Å². The first kappa shape index (κ1) is 11.5. The molecule has 0 bridgehead atoms. The molecule has 1 aliphatic rings. The Morgan fingerprint density at radius 2 is 2.16 bits per heavy atom. The molecule has 4 nitrogen and oxygen atoms in total. The van der Waals surface area contributed by atoms with Crippen LogP contribution in [0.5, 0.6) is 0 Å². The van der Waals surface area contributed by atoms with Crippen LogP contribution in [0.15, 0.2) is 36.5 Å². The Morgan fingerprint density at radius 3 is 2.89 bits per heavy atom. The Kier molecular flexibility index (Phi) is 2.81. The first-order chi connectivity index (χ1) is 9.28. The highest BCUT2D eigenvalue weighted by molar-refractivity contribution is 5.57. The van der Waals surface area contributed by atoms with Gasteiger partial charge >= 0.3 is 0 Å². The van der Waals surface area contributed by atoms with E-state index in [0.717, 1.165) is 30.9 Å². The Balaban J connectivity index is 1.89. The van der Waals surface area contributed by atoms with Crippen LogP contribution in [0.1, 0.15) is 16.8 Å². The highest BCUT2D eigenvalue weighted by Crippen LogP contribution is 2.27. The fourth-order valence-corrected chi connectivity index (χ4v) is 2.47. The zero-order valence-electron chi connectivity index (χ0n) is 10.5. The topological polar surface area (TPSA) is 65.9 Å². The fourth-order valence-electron chi connectivity index (χ4n) is 2.47. The van der Waals surface area contributed by atoms with Gasteiger partial charge in [-0.15, -0.1) is 0 Å². The molecule has 0 aliphatic carbocycles. The smallest absolute Gasteiger partial charge is 0.140 e. The zero-order chi connectivity index (χ0) is 13.2. The molecule has 0 fully saturated rings. The van der Waals surface area contributed by atoms with Gasteiger partial charge in [0.2, 0.25) is 0 Å². The van der Waals surface area contributed by atoms with Crippen LogP contribution in [-0.4, -0.2) is 11.5 Å². The number of nitriles is 1. The maximum absolute atomic E-state index is 8.76. The van der Waals surface area contributed by atoms with Crippen molar-refractivity contribution in [1.29, 1.82) is 5.26 Å². The van der Waals surface area contributed by atoms with Gasteiger partial charge in [0.05, 0.1) is 11.9 Å². The Morgan fingerprint density at radius 1 is 1.26 bits per heavy atom. The summed E-state index contributed by atoms with van der Waals surface area (Å²) in [6.07, 6.45) is 2.74. The molecule has 1 aliphatic heterocycles. The van der Waals surface area contributed by atoms with Crippen LogP contribution >= 0.6 is 0 Å². The molecule has 2 heterocycles. The number of nitrogens with two attached hydrogens (primary N) is 1. The minimum absolute atomic E-state index is 0.445. The van der Waals surface area contributed by atoms with Crippen LogP contribution in [0, 0.1) is 11.3 Å². The average Bonchev–Trinajstić information content (AvgIpc) is 2.47. The predicted molar refractivity (Wildman–Crippen MR) is 74.6 cm³/mol. The van der Waals surface area contributed by atoms with Gasteiger partial charge in [-0.25, -0.2) is 4.98 Å². The standard InChI is InChI=1S/C15H14N4/c16-8-12-4-5-13(9-18-12)19-7-6-11-2-1-3-15(17)14(11)10-19/h1-5,9H,6-7,10,17H2. The number of aromatic nitrogens is 1. The lowest BCUT2D eigenvalue weighted by Crippen LogP contribution is -2.31. The molecule has 2 aromatic rings. The maximum Gasteiger partial charge on any atom is 0.140 e. The summed E-state index contributed by atoms with van der Waals surface area (Å²) in [6.45, 7) is 1.75. The summed E-state index contributed by atoms with van der Waals surface area (Å²) in [5.74, 6) is 0. The maximum atomic E-state index is 8.76. The number of nitrogen functional groups attached to an aromatic ring is 1. The fraction of sp³-hybridized carbons (Fsp3) is 0.200. The highest BCUT2D eigenvalue weighted by atomic mass is 15.1. The van der Waals surface area contributed by atoms with E-state index in [1.165, 1.54) is 11.1 Å². The van der Waals surface area contributed by atoms with Crippen LogP contribution in [0.2, 0.25) is 0 Å². The second-order valence-electron chi connectivity index (χ2n) is 4.67. The Labute approximate surface area is 112 Å². The van der Waals surface area contributed by atoms with E-state index in [2.05, 4.69) is 16.0 Å². The van der Waals surface area contributed by atoms with Gasteiger partial charge < -0.3 is 10.6 Å². The lowest BCUT2D eigenvalue weighted by atomic mass is 9.98. The molecule has 3 rings (SSSR count). The van der Waals surface area contributed by atoms with Crippen molar-refractivity contribution in [3.63, 3.8) is 0 Å². The van der Waals surface area contributed by atoms with Gasteiger partial charge in [-0.2, -0.15) is 5.26 Å². The molecule has 0 amide bonds. The largest absolute Gasteiger partial charge is 0.398 e. The lowest BCUT2D eigenvalue weighted by Gasteiger charge is -2.31. The number of hydrogen-bond donors (Lipinski definition) is 1. The zero-order valence-corrected chi connectivity index (χ0v) is 10.5. The highest BCUT2D eigenvalue weighted by Gasteiger charge is 2.18. The molecule has 0 atom stereocenters. The number of hydrogen-bond acceptors (Lipinski definition) is 4. The van der Waals surface area contributed by atoms with Crippen LogP contribution in [-0.2, 0) is 13.0 Å². The molecule has 1 aromatic heterocycles. The second kappa shape index (κ2) is 4.62. The monoisotopic (exact) mass is 250 g/mol. The molecule has 2 N–H and O–H groups in total. The van der Waals surface area contributed by atoms with E-state index in [1.54, 1.807) is 12.3 Å². The van der Waals surface area contributed by atoms with Gasteiger partial charge in [-0.3, -0.25) is 0 Å². The number of pyridine rings is 1. The van der Waals surface area contributed by atoms with Gasteiger partial charge in [0, 0.05) is 18.8 Å². The molecule has 0 unspecified atom stereocenters. The molecule has 0 saturated carbocycles. The van der Waals surface area contributed by atoms with Crippen molar-refractivity contribution >= 4 is 11.4 Å². The predicted octanol–water partition coefficient (Wildman–Crippen LogP) is 2.10. The first-order valence-electron chi connectivity index (χ1n) is 6.25. The van der Waals surface area contributed by atoms with Crippen molar-refractivity contribution in [3.05, 3.63) is 53.3 Å². The van der Waals surface area contributed by atoms with Crippen LogP contribution in [0.25, 0.3) is 0 Å². The van der Waals surface area contributed by atoms with E-state index in [4.69, 9.17) is 11.0 Å². The van der Waals surface area contributed by atoms with E-state index >= 15 is 0 Å². The van der Waals surface area contributed by atoms with Crippen LogP contribution < -0.4 is 10.6 Å². The SMILES string of the molecule is N#Cc1ccc(N2CCc3cccc(N)c3C2)cn1. The number of benzene rings is 1. The number of rotatable bonds is 1. The molecular weight excluding hydrogens is 236 g/mol. The molecule has 4 heteroatoms. The van der Waals surface area contributed by atoms with Crippen molar-refractivity contribution in [2.75, 3.05) is 17.2 Å². The quantitative estimate of drug-likeness (QED) is 0.787. The summed E-state index contributed by atoms with van der Waals surface area (Å²) >= 11 is 0. The van der Waals surface area contributed by atoms with Crippen molar-refractivity contribution in [2.45, 2.75) is 13.0 Å². The van der Waals surface area contributed by atoms with E-state index in [1.807, 2.05) is 24.3 Å². The van der Waals surface area contributed by atoms with E-state index in [-0.39, 0.29) is 0 Å². The van der Waals surface area contributed by atoms with Crippen molar-refractivity contribution in [2.24, 2.45) is 0 Å². The molecule has 19 heavy (non-hydrogen) atoms. The summed E-state index contributed by atoms with van der Waals surface area (Å²) in [4.78, 5) is 6.36. The Bertz CT molecular complexity index is 640. The van der Waals surface area contributed by atoms with Crippen molar-refractivity contribution in [1.82, 2.24) is 4.98 Å². The van der Waals surface area contributed by atoms with E-state index < -0.39 is 0 Å². The minimum Gasteiger partial charge on any atom is -0.398 e. The van der Waals surface area contributed by atoms with Gasteiger partial charge in [0.25, 0.3) is 0 Å². The normalized spacial score (nSPS) is 13.7. The van der Waals surface area contributed by atoms with Gasteiger partial charge in [0.15, 0.2) is 0 Å². The molecule has 0 spiro atoms. The number of anilines is 2. The van der Waals surface area contributed by atoms with Crippen LogP contribution in [0.3, 0.4) is 0 Å². The van der Waals surface area contributed by atoms with Gasteiger partial charge in [0.1, 0.15) is 11.8 Å². The van der Waals surface area contributed by atoms with E-state index in [0.29, 0.717) is 5.69 Å². The van der Waals surface area contributed by atoms with E-state index in [9.17, 15) is 0 Å². The molecule has 0 saturated heterocycles. The van der Waals surface area contributed by atoms with Gasteiger partial charge in [-0.05, 0) is 35.7 Å². The summed E-state index contributed by atoms with van der Waals surface area (Å²) in [6, 6.07) is 11.8. The molecule has 0 radical (unpaired) electrons. The third-order valence-electron chi connectivity index (χ3n) is 3.54. The molecule has 94 valence electrons. The first-order valence-corrected chi connectivity index (χ1v) is 6.25. The summed E-state index contributed by atoms with van der Waals surface area (Å²) < 4.78 is 0. The summed E-state index contributed by atoms with van der Waals surface area (Å²) in [7, 11) is 0. The van der Waals surface area contributed by atoms with Gasteiger partial charge in [-0.1, -0.05) is 12.1 Å². The van der Waals surface area contributed by atoms with Crippen LogP contribution in [0.4, 0.5) is 11.4 Å². The number of nitrogens with zero attached hydrogens (tertiary/aromatic N) is 3. The molecule has 1 aromatic carbocycles. The lowest BCUT2D eigenvalue weighted by molar-refractivity contribution is 0.732. The minimum atomic E-state index is 0.445. The van der Waals surface area contributed by atoms with Crippen molar-refractivity contribution < 1.29 is 0 Å². The second-order valence-corrected chi connectivity index (χ2v) is 4.67. The third kappa shape index (κ3) is 2.11. The Hall–Kier alpha value is -2.54. The molecular formula is C15H14N4. The average molecular weight is 250 g/mol. The third-order valence-corrected chi connectivity index (χ3v) is 3.54. The number of fused-ring (bicyclic) bond motifs is 1. The summed E-state index contributed by atoms with van der Waals surface area (Å²) in [5.41, 5.74) is 10.9.